The van der Waals surface area contributed by atoms with Crippen molar-refractivity contribution in [1.29, 1.82) is 0 Å². The molecule has 0 aliphatic heterocycles. The van der Waals surface area contributed by atoms with E-state index < -0.39 is 0 Å². The molecule has 8 nitrogen and oxygen atoms in total. The lowest BCUT2D eigenvalue weighted by molar-refractivity contribution is -0.116. The van der Waals surface area contributed by atoms with E-state index in [-0.39, 0.29) is 12.5 Å². The van der Waals surface area contributed by atoms with E-state index in [1.165, 1.54) is 0 Å². The summed E-state index contributed by atoms with van der Waals surface area (Å²) in [4.78, 5) is 12.1. The number of ether oxygens (including phenoxy) is 1. The number of amides is 1. The third-order valence-electron chi connectivity index (χ3n) is 3.06. The summed E-state index contributed by atoms with van der Waals surface area (Å²) in [5, 5.41) is 14.9. The number of anilines is 1. The van der Waals surface area contributed by atoms with Crippen molar-refractivity contribution in [3.8, 4) is 0 Å². The van der Waals surface area contributed by atoms with Crippen molar-refractivity contribution < 1.29 is 9.53 Å². The molecule has 8 heteroatoms. The highest BCUT2D eigenvalue weighted by atomic mass is 16.5. The van der Waals surface area contributed by atoms with E-state index in [9.17, 15) is 4.79 Å². The van der Waals surface area contributed by atoms with Crippen molar-refractivity contribution in [2.45, 2.75) is 20.2 Å². The number of hydrogen-bond acceptors (Lipinski definition) is 5. The maximum absolute atomic E-state index is 12.1. The van der Waals surface area contributed by atoms with Crippen molar-refractivity contribution in [3.63, 3.8) is 0 Å². The van der Waals surface area contributed by atoms with Gasteiger partial charge in [-0.1, -0.05) is 17.3 Å². The Balaban J connectivity index is 1.64. The minimum atomic E-state index is -0.188. The quantitative estimate of drug-likeness (QED) is 0.740. The highest BCUT2D eigenvalue weighted by Crippen LogP contribution is 2.10. The highest BCUT2D eigenvalue weighted by molar-refractivity contribution is 5.91. The molecule has 0 saturated heterocycles. The predicted octanol–water partition coefficient (Wildman–Crippen LogP) is 1.26. The average Bonchev–Trinajstić information content (AvgIpc) is 3.13. The molecule has 0 aliphatic rings. The lowest BCUT2D eigenvalue weighted by Crippen LogP contribution is -2.19. The van der Waals surface area contributed by atoms with Crippen LogP contribution in [0.5, 0.6) is 0 Å². The number of carbonyl (C=O) groups excluding carboxylic acids is 1. The van der Waals surface area contributed by atoms with E-state index in [4.69, 9.17) is 4.74 Å². The zero-order valence-electron chi connectivity index (χ0n) is 12.1. The van der Waals surface area contributed by atoms with Gasteiger partial charge in [0, 0.05) is 6.61 Å². The van der Waals surface area contributed by atoms with Gasteiger partial charge in [-0.25, -0.2) is 9.36 Å². The minimum Gasteiger partial charge on any atom is -0.360 e. The second-order valence-corrected chi connectivity index (χ2v) is 4.67. The molecule has 114 valence electrons. The molecule has 0 atom stereocenters. The Labute approximate surface area is 126 Å². The third-order valence-corrected chi connectivity index (χ3v) is 3.06. The van der Waals surface area contributed by atoms with Crippen LogP contribution >= 0.6 is 0 Å². The number of nitrogens with one attached hydrogen (secondary N) is 1. The van der Waals surface area contributed by atoms with Crippen LogP contribution in [0.4, 0.5) is 5.69 Å². The number of aromatic nitrogens is 5. The number of benzene rings is 1. The molecule has 3 aromatic rings. The Morgan fingerprint density at radius 3 is 3.09 bits per heavy atom. The zero-order chi connectivity index (χ0) is 15.4. The van der Waals surface area contributed by atoms with E-state index in [0.29, 0.717) is 19.0 Å². The van der Waals surface area contributed by atoms with Gasteiger partial charge < -0.3 is 10.1 Å². The molecule has 2 heterocycles. The van der Waals surface area contributed by atoms with Crippen LogP contribution in [0.15, 0.2) is 36.7 Å². The fourth-order valence-corrected chi connectivity index (χ4v) is 2.05. The molecule has 0 fully saturated rings. The van der Waals surface area contributed by atoms with Crippen LogP contribution in [-0.2, 0) is 22.8 Å². The Hall–Kier alpha value is -2.74. The number of hydrogen-bond donors (Lipinski definition) is 1. The van der Waals surface area contributed by atoms with Gasteiger partial charge in [0.1, 0.15) is 18.8 Å². The van der Waals surface area contributed by atoms with Crippen LogP contribution in [0.25, 0.3) is 11.0 Å². The summed E-state index contributed by atoms with van der Waals surface area (Å²) in [5.74, 6) is -0.188. The number of para-hydroxylation sites is 1. The minimum absolute atomic E-state index is 0.0944. The van der Waals surface area contributed by atoms with Crippen LogP contribution < -0.4 is 5.32 Å². The van der Waals surface area contributed by atoms with Gasteiger partial charge in [-0.05, 0) is 19.1 Å². The van der Waals surface area contributed by atoms with Gasteiger partial charge >= 0.3 is 0 Å². The number of fused-ring (bicyclic) bond motifs is 1. The Kier molecular flexibility index (Phi) is 4.10. The van der Waals surface area contributed by atoms with Crippen molar-refractivity contribution in [2.24, 2.45) is 0 Å². The molecular formula is C14H16N6O2. The van der Waals surface area contributed by atoms with E-state index in [1.54, 1.807) is 21.8 Å². The highest BCUT2D eigenvalue weighted by Gasteiger charge is 2.09. The van der Waals surface area contributed by atoms with E-state index >= 15 is 0 Å². The largest absolute Gasteiger partial charge is 0.360 e. The van der Waals surface area contributed by atoms with Crippen LogP contribution in [0.1, 0.15) is 6.92 Å². The fraction of sp³-hybridized carbons (Fsp3) is 0.286. The van der Waals surface area contributed by atoms with Crippen molar-refractivity contribution in [2.75, 3.05) is 11.9 Å². The smallest absolute Gasteiger partial charge is 0.246 e. The van der Waals surface area contributed by atoms with Gasteiger partial charge in [0.15, 0.2) is 0 Å². The molecule has 3 rings (SSSR count). The second kappa shape index (κ2) is 6.35. The second-order valence-electron chi connectivity index (χ2n) is 4.67. The lowest BCUT2D eigenvalue weighted by atomic mass is 10.3. The average molecular weight is 300 g/mol. The number of nitrogens with zero attached hydrogens (tertiary/aromatic N) is 5. The summed E-state index contributed by atoms with van der Waals surface area (Å²) in [6, 6.07) is 7.50. The first-order valence-corrected chi connectivity index (χ1v) is 6.94. The van der Waals surface area contributed by atoms with Crippen molar-refractivity contribution in [1.82, 2.24) is 24.8 Å². The summed E-state index contributed by atoms with van der Waals surface area (Å²) in [6.07, 6.45) is 3.30. The van der Waals surface area contributed by atoms with Crippen molar-refractivity contribution in [3.05, 3.63) is 36.7 Å². The van der Waals surface area contributed by atoms with E-state index in [1.807, 2.05) is 31.2 Å². The summed E-state index contributed by atoms with van der Waals surface area (Å²) in [6.45, 7) is 2.98. The normalized spacial score (nSPS) is 11.0. The third kappa shape index (κ3) is 3.12. The molecule has 1 aromatic carbocycles. The van der Waals surface area contributed by atoms with Gasteiger partial charge in [0.2, 0.25) is 5.91 Å². The summed E-state index contributed by atoms with van der Waals surface area (Å²) >= 11 is 0. The number of carbonyl (C=O) groups is 1. The SMILES string of the molecule is CCOCn1cc(NC(=O)Cn2nnc3ccccc32)cn1. The standard InChI is InChI=1S/C14H16N6O2/c1-2-22-10-19-8-11(7-15-19)16-14(21)9-20-13-6-4-3-5-12(13)17-18-20/h3-8H,2,9-10H2,1H3,(H,16,21). The molecule has 22 heavy (non-hydrogen) atoms. The van der Waals surface area contributed by atoms with E-state index in [2.05, 4.69) is 20.7 Å². The molecular weight excluding hydrogens is 284 g/mol. The predicted molar refractivity (Wildman–Crippen MR) is 80.0 cm³/mol. The Morgan fingerprint density at radius 1 is 1.36 bits per heavy atom. The van der Waals surface area contributed by atoms with Gasteiger partial charge in [-0.3, -0.25) is 4.79 Å². The van der Waals surface area contributed by atoms with Gasteiger partial charge in [-0.15, -0.1) is 5.10 Å². The molecule has 0 bridgehead atoms. The Morgan fingerprint density at radius 2 is 2.23 bits per heavy atom. The van der Waals surface area contributed by atoms with Gasteiger partial charge in [-0.2, -0.15) is 5.10 Å². The fourth-order valence-electron chi connectivity index (χ4n) is 2.05. The monoisotopic (exact) mass is 300 g/mol. The van der Waals surface area contributed by atoms with Gasteiger partial charge in [0.05, 0.1) is 23.6 Å². The molecule has 0 radical (unpaired) electrons. The Bertz CT molecular complexity index is 778. The van der Waals surface area contributed by atoms with Crippen LogP contribution in [-0.4, -0.2) is 37.3 Å². The zero-order valence-corrected chi connectivity index (χ0v) is 12.1. The first-order valence-electron chi connectivity index (χ1n) is 6.94. The first kappa shape index (κ1) is 14.2. The molecule has 0 spiro atoms. The van der Waals surface area contributed by atoms with Gasteiger partial charge in [0.25, 0.3) is 0 Å². The van der Waals surface area contributed by atoms with Crippen LogP contribution in [0.2, 0.25) is 0 Å². The molecule has 1 amide bonds. The number of rotatable bonds is 6. The van der Waals surface area contributed by atoms with Crippen LogP contribution in [0, 0.1) is 0 Å². The maximum atomic E-state index is 12.1. The first-order chi connectivity index (χ1) is 10.8. The maximum Gasteiger partial charge on any atom is 0.246 e. The molecule has 0 aliphatic carbocycles. The van der Waals surface area contributed by atoms with Crippen molar-refractivity contribution >= 4 is 22.6 Å². The summed E-state index contributed by atoms with van der Waals surface area (Å²) < 4.78 is 8.42. The summed E-state index contributed by atoms with van der Waals surface area (Å²) in [7, 11) is 0. The molecule has 0 saturated carbocycles. The topological polar surface area (TPSA) is 86.9 Å². The summed E-state index contributed by atoms with van der Waals surface area (Å²) in [5.41, 5.74) is 2.21. The van der Waals surface area contributed by atoms with Crippen LogP contribution in [0.3, 0.4) is 0 Å². The molecule has 0 unspecified atom stereocenters. The van der Waals surface area contributed by atoms with E-state index in [0.717, 1.165) is 11.0 Å². The lowest BCUT2D eigenvalue weighted by Gasteiger charge is -2.03. The molecule has 1 N–H and O–H groups in total. The molecule has 2 aromatic heterocycles.